The van der Waals surface area contributed by atoms with Gasteiger partial charge in [0.05, 0.1) is 21.5 Å². The Morgan fingerprint density at radius 3 is 2.75 bits per heavy atom. The number of carboxylic acid groups (broad SMARTS) is 1. The number of rotatable bonds is 5. The number of hydrogen-bond acceptors (Lipinski definition) is 4. The van der Waals surface area contributed by atoms with Crippen LogP contribution in [0.2, 0.25) is 4.34 Å². The standard InChI is InChI=1S/C13H10BrClO4S/c1-18-10-5-7(13(16)17)4-9(14)12(10)19-6-8-2-3-11(15)20-8/h2-5H,6H2,1H3,(H,16,17). The summed E-state index contributed by atoms with van der Waals surface area (Å²) in [6, 6.07) is 6.56. The maximum absolute atomic E-state index is 11.0. The van der Waals surface area contributed by atoms with Gasteiger partial charge >= 0.3 is 5.97 Å². The molecule has 0 unspecified atom stereocenters. The van der Waals surface area contributed by atoms with Crippen LogP contribution in [0.5, 0.6) is 11.5 Å². The number of halogens is 2. The van der Waals surface area contributed by atoms with Crippen LogP contribution in [0.3, 0.4) is 0 Å². The van der Waals surface area contributed by atoms with E-state index in [9.17, 15) is 4.79 Å². The summed E-state index contributed by atoms with van der Waals surface area (Å²) in [7, 11) is 1.46. The molecule has 2 aromatic rings. The maximum Gasteiger partial charge on any atom is 0.335 e. The van der Waals surface area contributed by atoms with E-state index in [0.29, 0.717) is 26.9 Å². The summed E-state index contributed by atoms with van der Waals surface area (Å²) in [6.45, 7) is 0.332. The van der Waals surface area contributed by atoms with Crippen LogP contribution in [0.1, 0.15) is 15.2 Å². The third kappa shape index (κ3) is 3.45. The highest BCUT2D eigenvalue weighted by atomic mass is 79.9. The Morgan fingerprint density at radius 1 is 1.45 bits per heavy atom. The molecule has 0 amide bonds. The zero-order valence-corrected chi connectivity index (χ0v) is 13.5. The second-order valence-electron chi connectivity index (χ2n) is 3.79. The van der Waals surface area contributed by atoms with Crippen LogP contribution in [0, 0.1) is 0 Å². The molecule has 1 aromatic heterocycles. The van der Waals surface area contributed by atoms with Gasteiger partial charge in [-0.2, -0.15) is 0 Å². The average Bonchev–Trinajstić information content (AvgIpc) is 2.82. The monoisotopic (exact) mass is 376 g/mol. The minimum atomic E-state index is -1.03. The molecule has 0 saturated carbocycles. The summed E-state index contributed by atoms with van der Waals surface area (Å²) in [5, 5.41) is 9.00. The van der Waals surface area contributed by atoms with Gasteiger partial charge in [0.25, 0.3) is 0 Å². The molecular weight excluding hydrogens is 368 g/mol. The fraction of sp³-hybridized carbons (Fsp3) is 0.154. The van der Waals surface area contributed by atoms with Crippen LogP contribution in [0.4, 0.5) is 0 Å². The summed E-state index contributed by atoms with van der Waals surface area (Å²) in [4.78, 5) is 11.9. The molecule has 2 rings (SSSR count). The van der Waals surface area contributed by atoms with Gasteiger partial charge in [-0.25, -0.2) is 4.79 Å². The number of carbonyl (C=O) groups is 1. The number of methoxy groups -OCH3 is 1. The molecule has 0 fully saturated rings. The van der Waals surface area contributed by atoms with Gasteiger partial charge in [0, 0.05) is 4.88 Å². The fourth-order valence-electron chi connectivity index (χ4n) is 1.56. The van der Waals surface area contributed by atoms with Crippen molar-refractivity contribution in [1.82, 2.24) is 0 Å². The number of ether oxygens (including phenoxy) is 2. The molecule has 20 heavy (non-hydrogen) atoms. The van der Waals surface area contributed by atoms with E-state index >= 15 is 0 Å². The van der Waals surface area contributed by atoms with Crippen LogP contribution in [-0.4, -0.2) is 18.2 Å². The molecule has 7 heteroatoms. The molecule has 1 heterocycles. The second kappa shape index (κ2) is 6.47. The predicted molar refractivity (Wildman–Crippen MR) is 81.3 cm³/mol. The second-order valence-corrected chi connectivity index (χ2v) is 6.44. The third-order valence-electron chi connectivity index (χ3n) is 2.46. The first-order chi connectivity index (χ1) is 9.51. The Bertz CT molecular complexity index is 641. The highest BCUT2D eigenvalue weighted by Crippen LogP contribution is 2.37. The van der Waals surface area contributed by atoms with Gasteiger partial charge in [-0.1, -0.05) is 11.6 Å². The van der Waals surface area contributed by atoms with E-state index in [1.54, 1.807) is 6.07 Å². The van der Waals surface area contributed by atoms with Crippen LogP contribution in [0.15, 0.2) is 28.7 Å². The Balaban J connectivity index is 2.24. The molecule has 0 aliphatic rings. The van der Waals surface area contributed by atoms with E-state index in [1.807, 2.05) is 6.07 Å². The van der Waals surface area contributed by atoms with Crippen LogP contribution in [0.25, 0.3) is 0 Å². The minimum Gasteiger partial charge on any atom is -0.493 e. The molecule has 0 bridgehead atoms. The van der Waals surface area contributed by atoms with Crippen LogP contribution in [-0.2, 0) is 6.61 Å². The first-order valence-corrected chi connectivity index (χ1v) is 7.48. The lowest BCUT2D eigenvalue weighted by Crippen LogP contribution is -2.01. The first kappa shape index (κ1) is 15.2. The van der Waals surface area contributed by atoms with Crippen molar-refractivity contribution in [2.45, 2.75) is 6.61 Å². The highest BCUT2D eigenvalue weighted by Gasteiger charge is 2.15. The smallest absolute Gasteiger partial charge is 0.335 e. The van der Waals surface area contributed by atoms with Gasteiger partial charge in [0.2, 0.25) is 0 Å². The third-order valence-corrected chi connectivity index (χ3v) is 4.26. The van der Waals surface area contributed by atoms with Crippen molar-refractivity contribution in [3.05, 3.63) is 43.5 Å². The van der Waals surface area contributed by atoms with E-state index in [4.69, 9.17) is 26.2 Å². The van der Waals surface area contributed by atoms with Gasteiger partial charge in [-0.15, -0.1) is 11.3 Å². The topological polar surface area (TPSA) is 55.8 Å². The molecule has 1 aromatic carbocycles. The molecule has 106 valence electrons. The van der Waals surface area contributed by atoms with Crippen molar-refractivity contribution in [3.8, 4) is 11.5 Å². The number of aromatic carboxylic acids is 1. The maximum atomic E-state index is 11.0. The van der Waals surface area contributed by atoms with E-state index in [2.05, 4.69) is 15.9 Å². The number of hydrogen-bond donors (Lipinski definition) is 1. The zero-order chi connectivity index (χ0) is 14.7. The lowest BCUT2D eigenvalue weighted by Gasteiger charge is -2.12. The van der Waals surface area contributed by atoms with Gasteiger partial charge in [-0.05, 0) is 40.2 Å². The summed E-state index contributed by atoms with van der Waals surface area (Å²) in [5.74, 6) is -0.206. The number of thiophene rings is 1. The van der Waals surface area contributed by atoms with Crippen LogP contribution >= 0.6 is 38.9 Å². The minimum absolute atomic E-state index is 0.125. The number of carboxylic acids is 1. The van der Waals surface area contributed by atoms with Gasteiger partial charge in [-0.3, -0.25) is 0 Å². The lowest BCUT2D eigenvalue weighted by molar-refractivity contribution is 0.0696. The molecule has 0 saturated heterocycles. The molecular formula is C13H10BrClO4S. The van der Waals surface area contributed by atoms with E-state index < -0.39 is 5.97 Å². The fourth-order valence-corrected chi connectivity index (χ4v) is 3.11. The van der Waals surface area contributed by atoms with Crippen LogP contribution < -0.4 is 9.47 Å². The Kier molecular flexibility index (Phi) is 4.91. The van der Waals surface area contributed by atoms with E-state index in [0.717, 1.165) is 4.88 Å². The lowest BCUT2D eigenvalue weighted by atomic mass is 10.2. The SMILES string of the molecule is COc1cc(C(=O)O)cc(Br)c1OCc1ccc(Cl)s1. The summed E-state index contributed by atoms with van der Waals surface area (Å²) >= 11 is 10.6. The van der Waals surface area contributed by atoms with Crippen molar-refractivity contribution in [2.75, 3.05) is 7.11 Å². The first-order valence-electron chi connectivity index (χ1n) is 5.49. The Hall–Kier alpha value is -1.24. The number of benzene rings is 1. The van der Waals surface area contributed by atoms with Crippen molar-refractivity contribution < 1.29 is 19.4 Å². The van der Waals surface area contributed by atoms with Crippen molar-refractivity contribution >= 4 is 44.8 Å². The Labute approximate surface area is 133 Å². The van der Waals surface area contributed by atoms with Gasteiger partial charge < -0.3 is 14.6 Å². The summed E-state index contributed by atoms with van der Waals surface area (Å²) in [6.07, 6.45) is 0. The molecule has 0 atom stereocenters. The molecule has 4 nitrogen and oxygen atoms in total. The Morgan fingerprint density at radius 2 is 2.20 bits per heavy atom. The molecule has 0 radical (unpaired) electrons. The summed E-state index contributed by atoms with van der Waals surface area (Å²) in [5.41, 5.74) is 0.125. The molecule has 0 aliphatic carbocycles. The van der Waals surface area contributed by atoms with Gasteiger partial charge in [0.15, 0.2) is 11.5 Å². The van der Waals surface area contributed by atoms with E-state index in [1.165, 1.54) is 30.6 Å². The molecule has 0 aliphatic heterocycles. The van der Waals surface area contributed by atoms with Crippen molar-refractivity contribution in [3.63, 3.8) is 0 Å². The normalized spacial score (nSPS) is 10.3. The van der Waals surface area contributed by atoms with Crippen molar-refractivity contribution in [2.24, 2.45) is 0 Å². The highest BCUT2D eigenvalue weighted by molar-refractivity contribution is 9.10. The van der Waals surface area contributed by atoms with E-state index in [-0.39, 0.29) is 5.56 Å². The van der Waals surface area contributed by atoms with Gasteiger partial charge in [0.1, 0.15) is 6.61 Å². The molecule has 1 N–H and O–H groups in total. The average molecular weight is 378 g/mol. The quantitative estimate of drug-likeness (QED) is 0.836. The largest absolute Gasteiger partial charge is 0.493 e. The predicted octanol–water partition coefficient (Wildman–Crippen LogP) is 4.45. The summed E-state index contributed by atoms with van der Waals surface area (Å²) < 4.78 is 12.1. The zero-order valence-electron chi connectivity index (χ0n) is 10.4. The van der Waals surface area contributed by atoms with Crippen molar-refractivity contribution in [1.29, 1.82) is 0 Å². The molecule has 0 spiro atoms.